The highest BCUT2D eigenvalue weighted by Gasteiger charge is 2.11. The van der Waals surface area contributed by atoms with Crippen LogP contribution in [0.5, 0.6) is 11.5 Å². The Morgan fingerprint density at radius 1 is 0.865 bits per heavy atom. The molecule has 0 aliphatic rings. The van der Waals surface area contributed by atoms with E-state index >= 15 is 0 Å². The van der Waals surface area contributed by atoms with Gasteiger partial charge in [-0.05, 0) is 85.6 Å². The van der Waals surface area contributed by atoms with Crippen LogP contribution >= 0.6 is 34.5 Å². The van der Waals surface area contributed by atoms with Gasteiger partial charge in [0.05, 0.1) is 16.8 Å². The van der Waals surface area contributed by atoms with E-state index < -0.39 is 0 Å². The summed E-state index contributed by atoms with van der Waals surface area (Å²) in [4.78, 5) is 4.78. The van der Waals surface area contributed by atoms with Crippen LogP contribution in [0.25, 0.3) is 20.8 Å². The van der Waals surface area contributed by atoms with E-state index in [9.17, 15) is 0 Å². The van der Waals surface area contributed by atoms with Gasteiger partial charge in [0.25, 0.3) is 0 Å². The van der Waals surface area contributed by atoms with Gasteiger partial charge in [-0.1, -0.05) is 41.4 Å². The van der Waals surface area contributed by atoms with Crippen LogP contribution in [0.2, 0.25) is 10.0 Å². The first-order valence-corrected chi connectivity index (χ1v) is 13.6. The molecule has 0 aliphatic carbocycles. The third-order valence-electron chi connectivity index (χ3n) is 5.91. The molecule has 1 aromatic heterocycles. The van der Waals surface area contributed by atoms with Crippen molar-refractivity contribution in [2.45, 2.75) is 27.0 Å². The third-order valence-corrected chi connectivity index (χ3v) is 7.69. The topological polar surface area (TPSA) is 43.4 Å². The standard InChI is InChI=1S/C30H26Cl2N2O2S/c1-3-35-28-16-20(8-14-27(28)36-18-23-24(31)5-4-6-25(23)32)17-33-22-11-9-21(10-12-22)30-34-26-13-7-19(2)15-29(26)37-30/h4-16,33H,3,17-18H2,1-2H3. The van der Waals surface area contributed by atoms with Crippen molar-refractivity contribution in [2.24, 2.45) is 0 Å². The predicted octanol–water partition coefficient (Wildman–Crippen LogP) is 9.17. The zero-order valence-corrected chi connectivity index (χ0v) is 22.9. The molecule has 0 fully saturated rings. The Hall–Kier alpha value is -3.25. The SMILES string of the molecule is CCOc1cc(CNc2ccc(-c3nc4ccc(C)cc4s3)cc2)ccc1OCc1c(Cl)cccc1Cl. The van der Waals surface area contributed by atoms with Gasteiger partial charge in [-0.15, -0.1) is 11.3 Å². The molecule has 0 radical (unpaired) electrons. The third kappa shape index (κ3) is 6.02. The fourth-order valence-corrected chi connectivity index (χ4v) is 5.54. The number of rotatable bonds is 9. The van der Waals surface area contributed by atoms with Crippen LogP contribution in [-0.2, 0) is 13.2 Å². The minimum absolute atomic E-state index is 0.261. The number of fused-ring (bicyclic) bond motifs is 1. The summed E-state index contributed by atoms with van der Waals surface area (Å²) in [6.45, 7) is 5.50. The van der Waals surface area contributed by atoms with E-state index in [1.807, 2.05) is 31.2 Å². The Labute approximate surface area is 230 Å². The summed E-state index contributed by atoms with van der Waals surface area (Å²) in [6.07, 6.45) is 0. The lowest BCUT2D eigenvalue weighted by molar-refractivity contribution is 0.269. The van der Waals surface area contributed by atoms with E-state index in [0.717, 1.165) is 32.9 Å². The molecule has 0 spiro atoms. The number of anilines is 1. The maximum atomic E-state index is 6.28. The van der Waals surface area contributed by atoms with Gasteiger partial charge in [-0.25, -0.2) is 4.98 Å². The fraction of sp³-hybridized carbons (Fsp3) is 0.167. The van der Waals surface area contributed by atoms with Crippen LogP contribution in [-0.4, -0.2) is 11.6 Å². The summed E-state index contributed by atoms with van der Waals surface area (Å²) in [5.41, 5.74) is 6.27. The second kappa shape index (κ2) is 11.4. The van der Waals surface area contributed by atoms with Crippen molar-refractivity contribution in [1.29, 1.82) is 0 Å². The molecule has 0 unspecified atom stereocenters. The van der Waals surface area contributed by atoms with Crippen LogP contribution in [0.15, 0.2) is 78.9 Å². The van der Waals surface area contributed by atoms with Crippen molar-refractivity contribution in [3.8, 4) is 22.1 Å². The van der Waals surface area contributed by atoms with Crippen LogP contribution < -0.4 is 14.8 Å². The molecule has 0 atom stereocenters. The maximum absolute atomic E-state index is 6.28. The molecule has 0 amide bonds. The second-order valence-electron chi connectivity index (χ2n) is 8.62. The molecule has 4 nitrogen and oxygen atoms in total. The monoisotopic (exact) mass is 548 g/mol. The lowest BCUT2D eigenvalue weighted by Gasteiger charge is -2.15. The predicted molar refractivity (Wildman–Crippen MR) is 156 cm³/mol. The largest absolute Gasteiger partial charge is 0.490 e. The summed E-state index contributed by atoms with van der Waals surface area (Å²) in [5, 5.41) is 5.68. The molecule has 0 aliphatic heterocycles. The molecule has 188 valence electrons. The molecule has 1 heterocycles. The zero-order valence-electron chi connectivity index (χ0n) is 20.6. The Balaban J connectivity index is 1.25. The first kappa shape index (κ1) is 25.4. The minimum atomic E-state index is 0.261. The molecular formula is C30H26Cl2N2O2S. The minimum Gasteiger partial charge on any atom is -0.490 e. The zero-order chi connectivity index (χ0) is 25.8. The summed E-state index contributed by atoms with van der Waals surface area (Å²) in [5.74, 6) is 1.34. The van der Waals surface area contributed by atoms with Gasteiger partial charge in [0.1, 0.15) is 11.6 Å². The first-order valence-electron chi connectivity index (χ1n) is 12.0. The number of benzene rings is 4. The summed E-state index contributed by atoms with van der Waals surface area (Å²) < 4.78 is 13.1. The smallest absolute Gasteiger partial charge is 0.161 e. The summed E-state index contributed by atoms with van der Waals surface area (Å²) in [6, 6.07) is 26.1. The van der Waals surface area contributed by atoms with Crippen molar-refractivity contribution in [3.05, 3.63) is 106 Å². The maximum Gasteiger partial charge on any atom is 0.161 e. The van der Waals surface area contributed by atoms with E-state index in [1.54, 1.807) is 23.5 Å². The van der Waals surface area contributed by atoms with Gasteiger partial charge < -0.3 is 14.8 Å². The lowest BCUT2D eigenvalue weighted by Crippen LogP contribution is -2.03. The summed E-state index contributed by atoms with van der Waals surface area (Å²) >= 11 is 14.3. The molecular weight excluding hydrogens is 523 g/mol. The number of aryl methyl sites for hydroxylation is 1. The van der Waals surface area contributed by atoms with E-state index in [0.29, 0.717) is 34.7 Å². The molecule has 37 heavy (non-hydrogen) atoms. The van der Waals surface area contributed by atoms with E-state index in [-0.39, 0.29) is 6.61 Å². The average Bonchev–Trinajstić information content (AvgIpc) is 3.32. The Morgan fingerprint density at radius 2 is 1.65 bits per heavy atom. The number of nitrogens with one attached hydrogen (secondary N) is 1. The highest BCUT2D eigenvalue weighted by atomic mass is 35.5. The van der Waals surface area contributed by atoms with Gasteiger partial charge in [0, 0.05) is 33.4 Å². The number of hydrogen-bond donors (Lipinski definition) is 1. The van der Waals surface area contributed by atoms with E-state index in [2.05, 4.69) is 54.7 Å². The Kier molecular flexibility index (Phi) is 7.85. The van der Waals surface area contributed by atoms with Crippen molar-refractivity contribution >= 4 is 50.4 Å². The molecule has 1 N–H and O–H groups in total. The normalized spacial score (nSPS) is 11.0. The first-order chi connectivity index (χ1) is 18.0. The van der Waals surface area contributed by atoms with Gasteiger partial charge in [0.2, 0.25) is 0 Å². The van der Waals surface area contributed by atoms with Crippen molar-refractivity contribution in [3.63, 3.8) is 0 Å². The number of nitrogens with zero attached hydrogens (tertiary/aromatic N) is 1. The van der Waals surface area contributed by atoms with Crippen molar-refractivity contribution in [2.75, 3.05) is 11.9 Å². The van der Waals surface area contributed by atoms with Gasteiger partial charge in [-0.2, -0.15) is 0 Å². The Morgan fingerprint density at radius 3 is 2.41 bits per heavy atom. The number of aromatic nitrogens is 1. The average molecular weight is 550 g/mol. The lowest BCUT2D eigenvalue weighted by atomic mass is 10.1. The van der Waals surface area contributed by atoms with Crippen LogP contribution in [0.1, 0.15) is 23.6 Å². The Bertz CT molecular complexity index is 1510. The van der Waals surface area contributed by atoms with Gasteiger partial charge in [-0.3, -0.25) is 0 Å². The van der Waals surface area contributed by atoms with Crippen LogP contribution in [0, 0.1) is 6.92 Å². The molecule has 7 heteroatoms. The molecule has 5 rings (SSSR count). The number of halogens is 2. The summed E-state index contributed by atoms with van der Waals surface area (Å²) in [7, 11) is 0. The quantitative estimate of drug-likeness (QED) is 0.199. The van der Waals surface area contributed by atoms with E-state index in [1.165, 1.54) is 10.3 Å². The van der Waals surface area contributed by atoms with Gasteiger partial charge >= 0.3 is 0 Å². The number of thiazole rings is 1. The highest BCUT2D eigenvalue weighted by molar-refractivity contribution is 7.21. The van der Waals surface area contributed by atoms with Crippen LogP contribution in [0.3, 0.4) is 0 Å². The van der Waals surface area contributed by atoms with E-state index in [4.69, 9.17) is 37.7 Å². The number of hydrogen-bond acceptors (Lipinski definition) is 5. The van der Waals surface area contributed by atoms with Crippen LogP contribution in [0.4, 0.5) is 5.69 Å². The number of ether oxygens (including phenoxy) is 2. The highest BCUT2D eigenvalue weighted by Crippen LogP contribution is 2.33. The van der Waals surface area contributed by atoms with Crippen molar-refractivity contribution in [1.82, 2.24) is 4.98 Å². The molecule has 0 saturated carbocycles. The molecule has 0 saturated heterocycles. The second-order valence-corrected chi connectivity index (χ2v) is 10.5. The molecule has 4 aromatic carbocycles. The molecule has 0 bridgehead atoms. The molecule has 5 aromatic rings. The van der Waals surface area contributed by atoms with Gasteiger partial charge in [0.15, 0.2) is 11.5 Å². The fourth-order valence-electron chi connectivity index (χ4n) is 3.96. The van der Waals surface area contributed by atoms with Crippen molar-refractivity contribution < 1.29 is 9.47 Å².